The molecule has 2 N–H and O–H groups in total. The molecule has 1 aromatic rings. The summed E-state index contributed by atoms with van der Waals surface area (Å²) in [6.07, 6.45) is 7.70. The normalized spacial score (nSPS) is 18.1. The Labute approximate surface area is 119 Å². The summed E-state index contributed by atoms with van der Waals surface area (Å²) < 4.78 is 5.15. The van der Waals surface area contributed by atoms with Gasteiger partial charge in [-0.2, -0.15) is 0 Å². The van der Waals surface area contributed by atoms with Crippen LogP contribution in [0.5, 0.6) is 0 Å². The van der Waals surface area contributed by atoms with Gasteiger partial charge in [-0.3, -0.25) is 4.79 Å². The maximum atomic E-state index is 12.0. The zero-order chi connectivity index (χ0) is 14.4. The van der Waals surface area contributed by atoms with Crippen LogP contribution in [-0.4, -0.2) is 29.0 Å². The van der Waals surface area contributed by atoms with Gasteiger partial charge in [-0.15, -0.1) is 0 Å². The number of nitrogens with one attached hydrogen (secondary N) is 2. The van der Waals surface area contributed by atoms with Crippen LogP contribution in [0.25, 0.3) is 0 Å². The Morgan fingerprint density at radius 3 is 2.60 bits per heavy atom. The third-order valence-electron chi connectivity index (χ3n) is 3.67. The number of ether oxygens (including phenoxy) is 1. The summed E-state index contributed by atoms with van der Waals surface area (Å²) >= 11 is 0. The molecular weight excluding hydrogens is 256 g/mol. The van der Waals surface area contributed by atoms with E-state index in [0.29, 0.717) is 5.69 Å². The molecule has 0 bridgehead atoms. The van der Waals surface area contributed by atoms with Crippen LogP contribution in [0.1, 0.15) is 55.9 Å². The molecule has 1 fully saturated rings. The number of hydrogen-bond acceptors (Lipinski definition) is 3. The molecule has 1 amide bonds. The van der Waals surface area contributed by atoms with Crippen molar-refractivity contribution in [2.75, 3.05) is 0 Å². The van der Waals surface area contributed by atoms with Crippen LogP contribution in [0.4, 0.5) is 0 Å². The third-order valence-corrected chi connectivity index (χ3v) is 3.67. The fraction of sp³-hybridized carbons (Fsp3) is 0.600. The second-order valence-corrected chi connectivity index (χ2v) is 5.33. The van der Waals surface area contributed by atoms with Gasteiger partial charge in [0.1, 0.15) is 5.69 Å². The van der Waals surface area contributed by atoms with E-state index in [1.165, 1.54) is 12.8 Å². The minimum absolute atomic E-state index is 0.211. The lowest BCUT2D eigenvalue weighted by atomic mass is 10.1. The molecular formula is C15H22N2O3. The van der Waals surface area contributed by atoms with Gasteiger partial charge in [0, 0.05) is 12.2 Å². The van der Waals surface area contributed by atoms with E-state index in [0.717, 1.165) is 25.7 Å². The van der Waals surface area contributed by atoms with Gasteiger partial charge >= 0.3 is 5.97 Å². The number of amides is 1. The van der Waals surface area contributed by atoms with E-state index in [-0.39, 0.29) is 11.9 Å². The van der Waals surface area contributed by atoms with Crippen molar-refractivity contribution in [1.29, 1.82) is 0 Å². The van der Waals surface area contributed by atoms with E-state index in [1.807, 2.05) is 0 Å². The average Bonchev–Trinajstić information content (AvgIpc) is 2.85. The quantitative estimate of drug-likeness (QED) is 0.656. The Bertz CT molecular complexity index is 434. The molecule has 110 valence electrons. The molecule has 20 heavy (non-hydrogen) atoms. The van der Waals surface area contributed by atoms with Gasteiger partial charge in [-0.05, 0) is 31.9 Å². The van der Waals surface area contributed by atoms with Crippen LogP contribution in [0.15, 0.2) is 18.3 Å². The molecule has 0 spiro atoms. The molecule has 1 saturated carbocycles. The standard InChI is InChI=1S/C15H22N2O3/c1-11(20-15(19)13-9-6-10-16-13)14(18)17-12-7-4-2-3-5-8-12/h6,9-12,16H,2-5,7-8H2,1H3,(H,17,18). The number of rotatable bonds is 4. The number of aromatic nitrogens is 1. The highest BCUT2D eigenvalue weighted by molar-refractivity contribution is 5.90. The van der Waals surface area contributed by atoms with Crippen molar-refractivity contribution in [1.82, 2.24) is 10.3 Å². The molecule has 0 aromatic carbocycles. The average molecular weight is 278 g/mol. The van der Waals surface area contributed by atoms with Crippen LogP contribution in [0.2, 0.25) is 0 Å². The summed E-state index contributed by atoms with van der Waals surface area (Å²) in [5, 5.41) is 2.98. The second kappa shape index (κ2) is 7.12. The predicted octanol–water partition coefficient (Wildman–Crippen LogP) is 2.40. The van der Waals surface area contributed by atoms with Crippen LogP contribution in [0.3, 0.4) is 0 Å². The molecule has 1 unspecified atom stereocenters. The van der Waals surface area contributed by atoms with Crippen molar-refractivity contribution in [3.63, 3.8) is 0 Å². The van der Waals surface area contributed by atoms with E-state index in [2.05, 4.69) is 10.3 Å². The number of hydrogen-bond donors (Lipinski definition) is 2. The third kappa shape index (κ3) is 4.11. The lowest BCUT2D eigenvalue weighted by molar-refractivity contribution is -0.129. The largest absolute Gasteiger partial charge is 0.448 e. The minimum atomic E-state index is -0.769. The van der Waals surface area contributed by atoms with Gasteiger partial charge in [0.15, 0.2) is 6.10 Å². The van der Waals surface area contributed by atoms with E-state index >= 15 is 0 Å². The molecule has 5 heteroatoms. The number of H-pyrrole nitrogens is 1. The van der Waals surface area contributed by atoms with Gasteiger partial charge in [0.05, 0.1) is 0 Å². The Hall–Kier alpha value is -1.78. The van der Waals surface area contributed by atoms with Crippen molar-refractivity contribution < 1.29 is 14.3 Å². The fourth-order valence-corrected chi connectivity index (χ4v) is 2.48. The van der Waals surface area contributed by atoms with Gasteiger partial charge in [-0.25, -0.2) is 4.79 Å². The summed E-state index contributed by atoms with van der Waals surface area (Å²) in [6, 6.07) is 3.56. The molecule has 1 aromatic heterocycles. The van der Waals surface area contributed by atoms with Crippen molar-refractivity contribution in [2.45, 2.75) is 57.6 Å². The van der Waals surface area contributed by atoms with Crippen molar-refractivity contribution >= 4 is 11.9 Å². The molecule has 0 radical (unpaired) electrons. The van der Waals surface area contributed by atoms with E-state index in [4.69, 9.17) is 4.74 Å². The van der Waals surface area contributed by atoms with Gasteiger partial charge < -0.3 is 15.0 Å². The molecule has 0 aliphatic heterocycles. The van der Waals surface area contributed by atoms with Gasteiger partial charge in [-0.1, -0.05) is 25.7 Å². The predicted molar refractivity (Wildman–Crippen MR) is 75.3 cm³/mol. The topological polar surface area (TPSA) is 71.2 Å². The van der Waals surface area contributed by atoms with Crippen LogP contribution in [-0.2, 0) is 9.53 Å². The Kier molecular flexibility index (Phi) is 5.21. The molecule has 5 nitrogen and oxygen atoms in total. The summed E-state index contributed by atoms with van der Waals surface area (Å²) in [6.45, 7) is 1.60. The van der Waals surface area contributed by atoms with Crippen molar-refractivity contribution in [3.05, 3.63) is 24.0 Å². The van der Waals surface area contributed by atoms with Crippen LogP contribution < -0.4 is 5.32 Å². The molecule has 1 aliphatic carbocycles. The number of carbonyl (C=O) groups is 2. The summed E-state index contributed by atoms with van der Waals surface area (Å²) in [5.41, 5.74) is 0.360. The summed E-state index contributed by atoms with van der Waals surface area (Å²) in [5.74, 6) is -0.713. The molecule has 0 saturated heterocycles. The summed E-state index contributed by atoms with van der Waals surface area (Å²) in [7, 11) is 0. The van der Waals surface area contributed by atoms with Crippen LogP contribution >= 0.6 is 0 Å². The zero-order valence-electron chi connectivity index (χ0n) is 11.9. The number of esters is 1. The Morgan fingerprint density at radius 2 is 2.00 bits per heavy atom. The van der Waals surface area contributed by atoms with E-state index < -0.39 is 12.1 Å². The monoisotopic (exact) mass is 278 g/mol. The highest BCUT2D eigenvalue weighted by Crippen LogP contribution is 2.17. The first-order chi connectivity index (χ1) is 9.66. The van der Waals surface area contributed by atoms with Gasteiger partial charge in [0.25, 0.3) is 5.91 Å². The molecule has 1 aliphatic rings. The summed E-state index contributed by atoms with van der Waals surface area (Å²) in [4.78, 5) is 26.5. The highest BCUT2D eigenvalue weighted by atomic mass is 16.5. The van der Waals surface area contributed by atoms with E-state index in [1.54, 1.807) is 25.3 Å². The molecule has 2 rings (SSSR count). The fourth-order valence-electron chi connectivity index (χ4n) is 2.48. The number of carbonyl (C=O) groups excluding carboxylic acids is 2. The number of aromatic amines is 1. The smallest absolute Gasteiger partial charge is 0.355 e. The van der Waals surface area contributed by atoms with Crippen molar-refractivity contribution in [2.24, 2.45) is 0 Å². The molecule has 1 atom stereocenters. The first-order valence-electron chi connectivity index (χ1n) is 7.31. The first-order valence-corrected chi connectivity index (χ1v) is 7.31. The molecule has 1 heterocycles. The van der Waals surface area contributed by atoms with Crippen molar-refractivity contribution in [3.8, 4) is 0 Å². The lowest BCUT2D eigenvalue weighted by Crippen LogP contribution is -2.41. The highest BCUT2D eigenvalue weighted by Gasteiger charge is 2.22. The van der Waals surface area contributed by atoms with Crippen LogP contribution in [0, 0.1) is 0 Å². The maximum Gasteiger partial charge on any atom is 0.355 e. The van der Waals surface area contributed by atoms with Gasteiger partial charge in [0.2, 0.25) is 0 Å². The SMILES string of the molecule is CC(OC(=O)c1ccc[nH]1)C(=O)NC1CCCCCC1. The maximum absolute atomic E-state index is 12.0. The van der Waals surface area contributed by atoms with E-state index in [9.17, 15) is 9.59 Å². The Morgan fingerprint density at radius 1 is 1.30 bits per heavy atom. The zero-order valence-corrected chi connectivity index (χ0v) is 11.9. The Balaban J connectivity index is 1.80. The second-order valence-electron chi connectivity index (χ2n) is 5.33. The first kappa shape index (κ1) is 14.6. The lowest BCUT2D eigenvalue weighted by Gasteiger charge is -2.19. The minimum Gasteiger partial charge on any atom is -0.448 e.